The highest BCUT2D eigenvalue weighted by Crippen LogP contribution is 2.34. The van der Waals surface area contributed by atoms with E-state index in [0.717, 1.165) is 11.8 Å². The molecule has 1 aliphatic rings. The van der Waals surface area contributed by atoms with E-state index in [1.54, 1.807) is 25.1 Å². The van der Waals surface area contributed by atoms with E-state index in [-0.39, 0.29) is 24.8 Å². The fraction of sp³-hybridized carbons (Fsp3) is 0.267. The zero-order chi connectivity index (χ0) is 17.0. The van der Waals surface area contributed by atoms with Crippen LogP contribution < -0.4 is 4.74 Å². The third kappa shape index (κ3) is 4.02. The largest absolute Gasteiger partial charge is 0.504 e. The molecule has 1 saturated heterocycles. The van der Waals surface area contributed by atoms with Crippen LogP contribution in [-0.2, 0) is 14.3 Å². The predicted molar refractivity (Wildman–Crippen MR) is 91.2 cm³/mol. The average molecular weight is 353 g/mol. The van der Waals surface area contributed by atoms with E-state index in [0.29, 0.717) is 20.5 Å². The van der Waals surface area contributed by atoms with Crippen LogP contribution in [0.3, 0.4) is 0 Å². The van der Waals surface area contributed by atoms with Gasteiger partial charge in [0.15, 0.2) is 11.5 Å². The predicted octanol–water partition coefficient (Wildman–Crippen LogP) is 2.17. The zero-order valence-electron chi connectivity index (χ0n) is 12.6. The lowest BCUT2D eigenvalue weighted by Gasteiger charge is -2.12. The molecule has 1 aromatic rings. The Hall–Kier alpha value is -2.06. The van der Waals surface area contributed by atoms with Crippen molar-refractivity contribution < 1.29 is 24.2 Å². The molecule has 1 heterocycles. The fourth-order valence-electron chi connectivity index (χ4n) is 1.91. The maximum atomic E-state index is 12.3. The van der Waals surface area contributed by atoms with Gasteiger partial charge in [-0.25, -0.2) is 0 Å². The van der Waals surface area contributed by atoms with Gasteiger partial charge in [0.2, 0.25) is 0 Å². The Labute approximate surface area is 143 Å². The molecule has 0 unspecified atom stereocenters. The van der Waals surface area contributed by atoms with Crippen LogP contribution in [0.5, 0.6) is 11.5 Å². The summed E-state index contributed by atoms with van der Waals surface area (Å²) in [5, 5.41) is 9.58. The SMILES string of the molecule is CCOC(=O)CN1C(=O)/C(=C/c2ccc(O)c(OC)c2)SC1=S. The zero-order valence-corrected chi connectivity index (χ0v) is 14.2. The molecule has 6 nitrogen and oxygen atoms in total. The second-order valence-electron chi connectivity index (χ2n) is 4.50. The van der Waals surface area contributed by atoms with Crippen LogP contribution in [-0.4, -0.2) is 46.5 Å². The average Bonchev–Trinajstić information content (AvgIpc) is 2.77. The molecular formula is C15H15NO5S2. The Bertz CT molecular complexity index is 686. The maximum absolute atomic E-state index is 12.3. The summed E-state index contributed by atoms with van der Waals surface area (Å²) < 4.78 is 10.2. The van der Waals surface area contributed by atoms with Crippen LogP contribution in [0.1, 0.15) is 12.5 Å². The molecule has 1 amide bonds. The number of amides is 1. The van der Waals surface area contributed by atoms with E-state index in [4.69, 9.17) is 21.7 Å². The number of methoxy groups -OCH3 is 1. The summed E-state index contributed by atoms with van der Waals surface area (Å²) in [7, 11) is 1.44. The molecule has 0 aromatic heterocycles. The summed E-state index contributed by atoms with van der Waals surface area (Å²) in [5.74, 6) is -0.531. The molecule has 0 bridgehead atoms. The fourth-order valence-corrected chi connectivity index (χ4v) is 3.16. The molecule has 0 aliphatic carbocycles. The van der Waals surface area contributed by atoms with Crippen molar-refractivity contribution in [2.24, 2.45) is 0 Å². The van der Waals surface area contributed by atoms with Crippen LogP contribution in [0.15, 0.2) is 23.1 Å². The number of aromatic hydroxyl groups is 1. The van der Waals surface area contributed by atoms with Crippen molar-refractivity contribution in [3.05, 3.63) is 28.7 Å². The molecular weight excluding hydrogens is 338 g/mol. The molecule has 2 rings (SSSR count). The van der Waals surface area contributed by atoms with Crippen LogP contribution in [0.25, 0.3) is 6.08 Å². The van der Waals surface area contributed by atoms with Crippen molar-refractivity contribution >= 4 is 46.3 Å². The maximum Gasteiger partial charge on any atom is 0.326 e. The minimum Gasteiger partial charge on any atom is -0.504 e. The van der Waals surface area contributed by atoms with Gasteiger partial charge in [-0.05, 0) is 30.7 Å². The monoisotopic (exact) mass is 353 g/mol. The summed E-state index contributed by atoms with van der Waals surface area (Å²) in [5.41, 5.74) is 0.677. The topological polar surface area (TPSA) is 76.1 Å². The Balaban J connectivity index is 2.20. The number of esters is 1. The van der Waals surface area contributed by atoms with Gasteiger partial charge < -0.3 is 14.6 Å². The molecule has 122 valence electrons. The van der Waals surface area contributed by atoms with E-state index in [1.165, 1.54) is 18.1 Å². The quantitative estimate of drug-likeness (QED) is 0.494. The van der Waals surface area contributed by atoms with E-state index in [2.05, 4.69) is 0 Å². The first kappa shape index (κ1) is 17.3. The Morgan fingerprint density at radius 2 is 2.22 bits per heavy atom. The number of thioether (sulfide) groups is 1. The third-order valence-electron chi connectivity index (χ3n) is 2.97. The number of rotatable bonds is 5. The number of ether oxygens (including phenoxy) is 2. The molecule has 1 N–H and O–H groups in total. The number of phenols is 1. The van der Waals surface area contributed by atoms with Crippen LogP contribution in [0, 0.1) is 0 Å². The van der Waals surface area contributed by atoms with E-state index < -0.39 is 5.97 Å². The summed E-state index contributed by atoms with van der Waals surface area (Å²) in [4.78, 5) is 25.5. The van der Waals surface area contributed by atoms with Gasteiger partial charge in [-0.2, -0.15) is 0 Å². The van der Waals surface area contributed by atoms with Gasteiger partial charge in [0.25, 0.3) is 5.91 Å². The lowest BCUT2D eigenvalue weighted by molar-refractivity contribution is -0.145. The van der Waals surface area contributed by atoms with Gasteiger partial charge in [-0.15, -0.1) is 0 Å². The van der Waals surface area contributed by atoms with Crippen molar-refractivity contribution in [2.75, 3.05) is 20.3 Å². The summed E-state index contributed by atoms with van der Waals surface area (Å²) >= 11 is 6.25. The Morgan fingerprint density at radius 3 is 2.87 bits per heavy atom. The number of thiocarbonyl (C=S) groups is 1. The Morgan fingerprint density at radius 1 is 1.48 bits per heavy atom. The first-order valence-electron chi connectivity index (χ1n) is 6.74. The van der Waals surface area contributed by atoms with Gasteiger partial charge >= 0.3 is 5.97 Å². The molecule has 0 atom stereocenters. The highest BCUT2D eigenvalue weighted by Gasteiger charge is 2.33. The first-order chi connectivity index (χ1) is 11.0. The van der Waals surface area contributed by atoms with Crippen molar-refractivity contribution in [1.29, 1.82) is 0 Å². The molecule has 0 spiro atoms. The van der Waals surface area contributed by atoms with E-state index >= 15 is 0 Å². The summed E-state index contributed by atoms with van der Waals surface area (Å²) in [6.07, 6.45) is 1.63. The number of phenolic OH excluding ortho intramolecular Hbond substituents is 1. The number of carbonyl (C=O) groups excluding carboxylic acids is 2. The molecule has 0 radical (unpaired) electrons. The van der Waals surface area contributed by atoms with Crippen LogP contribution >= 0.6 is 24.0 Å². The van der Waals surface area contributed by atoms with Crippen LogP contribution in [0.4, 0.5) is 0 Å². The highest BCUT2D eigenvalue weighted by molar-refractivity contribution is 8.26. The van der Waals surface area contributed by atoms with Gasteiger partial charge in [-0.3, -0.25) is 14.5 Å². The van der Waals surface area contributed by atoms with Crippen LogP contribution in [0.2, 0.25) is 0 Å². The molecule has 0 saturated carbocycles. The highest BCUT2D eigenvalue weighted by atomic mass is 32.2. The number of hydrogen-bond acceptors (Lipinski definition) is 7. The van der Waals surface area contributed by atoms with Crippen molar-refractivity contribution in [1.82, 2.24) is 4.90 Å². The molecule has 23 heavy (non-hydrogen) atoms. The lowest BCUT2D eigenvalue weighted by Crippen LogP contribution is -2.34. The molecule has 8 heteroatoms. The molecule has 1 aliphatic heterocycles. The summed E-state index contributed by atoms with van der Waals surface area (Å²) in [6, 6.07) is 4.73. The minimum absolute atomic E-state index is 0.0134. The van der Waals surface area contributed by atoms with Crippen molar-refractivity contribution in [3.63, 3.8) is 0 Å². The summed E-state index contributed by atoms with van der Waals surface area (Å²) in [6.45, 7) is 1.74. The number of carbonyl (C=O) groups is 2. The second-order valence-corrected chi connectivity index (χ2v) is 6.18. The lowest BCUT2D eigenvalue weighted by atomic mass is 10.2. The van der Waals surface area contributed by atoms with E-state index in [1.807, 2.05) is 0 Å². The van der Waals surface area contributed by atoms with Gasteiger partial charge in [0.1, 0.15) is 10.9 Å². The van der Waals surface area contributed by atoms with Crippen molar-refractivity contribution in [3.8, 4) is 11.5 Å². The smallest absolute Gasteiger partial charge is 0.326 e. The van der Waals surface area contributed by atoms with Gasteiger partial charge in [0, 0.05) is 0 Å². The normalized spacial score (nSPS) is 16.1. The third-order valence-corrected chi connectivity index (χ3v) is 4.35. The number of hydrogen-bond donors (Lipinski definition) is 1. The minimum atomic E-state index is -0.503. The van der Waals surface area contributed by atoms with Gasteiger partial charge in [0.05, 0.1) is 18.6 Å². The molecule has 1 fully saturated rings. The van der Waals surface area contributed by atoms with E-state index in [9.17, 15) is 14.7 Å². The number of benzene rings is 1. The standard InChI is InChI=1S/C15H15NO5S2/c1-3-21-13(18)8-16-14(19)12(23-15(16)22)7-9-4-5-10(17)11(6-9)20-2/h4-7,17H,3,8H2,1-2H3/b12-7-. The second kappa shape index (κ2) is 7.47. The van der Waals surface area contributed by atoms with Crippen molar-refractivity contribution in [2.45, 2.75) is 6.92 Å². The first-order valence-corrected chi connectivity index (χ1v) is 7.96. The number of nitrogens with zero attached hydrogens (tertiary/aromatic N) is 1. The molecule has 1 aromatic carbocycles. The van der Waals surface area contributed by atoms with Gasteiger partial charge in [-0.1, -0.05) is 30.0 Å². The Kier molecular flexibility index (Phi) is 5.62.